The number of rotatable bonds is 4. The molecule has 39 heavy (non-hydrogen) atoms. The van der Waals surface area contributed by atoms with Crippen molar-refractivity contribution in [2.45, 2.75) is 50.9 Å². The third-order valence-corrected chi connectivity index (χ3v) is 6.46. The highest BCUT2D eigenvalue weighted by atomic mass is 19.4. The van der Waals surface area contributed by atoms with Gasteiger partial charge in [-0.3, -0.25) is 0 Å². The van der Waals surface area contributed by atoms with Crippen LogP contribution in [0.5, 0.6) is 0 Å². The number of fused-ring (bicyclic) bond motifs is 1. The Hall–Kier alpha value is -3.22. The van der Waals surface area contributed by atoms with Crippen molar-refractivity contribution in [1.82, 2.24) is 0 Å². The summed E-state index contributed by atoms with van der Waals surface area (Å²) in [5, 5.41) is 0. The van der Waals surface area contributed by atoms with E-state index in [0.29, 0.717) is 35.4 Å². The maximum atomic E-state index is 13.4. The van der Waals surface area contributed by atoms with Gasteiger partial charge in [-0.25, -0.2) is 0 Å². The smallest absolute Gasteiger partial charge is 0.309 e. The Balaban J connectivity index is 1.84. The standard InChI is InChI=1S/C26H18F12N/c27-23(28,29)19-5-15(6-20(9-19)24(30,31)32)11-39(13-17-3-1-2-4-18(17)14-39)12-16-7-21(25(33,34)35)10-22(8-16)26(36,37)38/h1-10H,11-14H2/q+1. The molecule has 0 spiro atoms. The second-order valence-electron chi connectivity index (χ2n) is 9.57. The molecule has 1 aliphatic rings. The first-order valence-electron chi connectivity index (χ1n) is 11.2. The Bertz CT molecular complexity index is 1190. The van der Waals surface area contributed by atoms with Gasteiger partial charge in [0.15, 0.2) is 0 Å². The van der Waals surface area contributed by atoms with Crippen LogP contribution in [-0.4, -0.2) is 4.48 Å². The van der Waals surface area contributed by atoms with Crippen molar-refractivity contribution >= 4 is 0 Å². The molecule has 1 nitrogen and oxygen atoms in total. The average molecular weight is 572 g/mol. The molecule has 1 aliphatic heterocycles. The molecule has 13 heteroatoms. The van der Waals surface area contributed by atoms with Crippen LogP contribution in [0.1, 0.15) is 44.5 Å². The molecule has 0 saturated heterocycles. The first kappa shape index (κ1) is 28.8. The van der Waals surface area contributed by atoms with Crippen molar-refractivity contribution in [3.63, 3.8) is 0 Å². The SMILES string of the molecule is FC(F)(F)c1cc(C[N+]2(Cc3cc(C(F)(F)F)cc(C(F)(F)F)c3)Cc3ccccc3C2)cc(C(F)(F)F)c1. The van der Waals surface area contributed by atoms with Crippen molar-refractivity contribution in [2.24, 2.45) is 0 Å². The van der Waals surface area contributed by atoms with Gasteiger partial charge in [0.2, 0.25) is 0 Å². The first-order chi connectivity index (χ1) is 17.8. The molecule has 0 atom stereocenters. The molecule has 0 aliphatic carbocycles. The summed E-state index contributed by atoms with van der Waals surface area (Å²) in [6.07, 6.45) is -20.5. The van der Waals surface area contributed by atoms with E-state index in [1.165, 1.54) is 0 Å². The summed E-state index contributed by atoms with van der Waals surface area (Å²) in [7, 11) is 0. The fourth-order valence-corrected chi connectivity index (χ4v) is 4.92. The first-order valence-corrected chi connectivity index (χ1v) is 11.2. The van der Waals surface area contributed by atoms with Crippen LogP contribution in [0.4, 0.5) is 52.7 Å². The van der Waals surface area contributed by atoms with Gasteiger partial charge in [0.25, 0.3) is 0 Å². The Kier molecular flexibility index (Phi) is 6.98. The number of nitrogens with zero attached hydrogens (tertiary/aromatic N) is 1. The average Bonchev–Trinajstić information content (AvgIpc) is 3.13. The lowest BCUT2D eigenvalue weighted by molar-refractivity contribution is -0.972. The molecule has 0 N–H and O–H groups in total. The lowest BCUT2D eigenvalue weighted by atomic mass is 10.0. The predicted octanol–water partition coefficient (Wildman–Crippen LogP) is 8.99. The quantitative estimate of drug-likeness (QED) is 0.216. The van der Waals surface area contributed by atoms with Crippen LogP contribution in [0.25, 0.3) is 0 Å². The van der Waals surface area contributed by atoms with Crippen molar-refractivity contribution < 1.29 is 57.2 Å². The molecule has 0 aromatic heterocycles. The number of hydrogen-bond acceptors (Lipinski definition) is 0. The van der Waals surface area contributed by atoms with Gasteiger partial charge >= 0.3 is 24.7 Å². The van der Waals surface area contributed by atoms with Gasteiger partial charge in [0.1, 0.15) is 26.2 Å². The Morgan fingerprint density at radius 2 is 0.744 bits per heavy atom. The molecule has 0 radical (unpaired) electrons. The highest BCUT2D eigenvalue weighted by Gasteiger charge is 2.42. The predicted molar refractivity (Wildman–Crippen MR) is 114 cm³/mol. The molecule has 4 rings (SSSR count). The molecular formula is C26H18F12N+. The van der Waals surface area contributed by atoms with Crippen LogP contribution in [-0.2, 0) is 50.9 Å². The van der Waals surface area contributed by atoms with E-state index in [4.69, 9.17) is 0 Å². The summed E-state index contributed by atoms with van der Waals surface area (Å²) in [4.78, 5) is 0. The zero-order chi connectivity index (χ0) is 29.0. The topological polar surface area (TPSA) is 0 Å². The summed E-state index contributed by atoms with van der Waals surface area (Å²) >= 11 is 0. The number of benzene rings is 3. The van der Waals surface area contributed by atoms with E-state index in [-0.39, 0.29) is 25.2 Å². The highest BCUT2D eigenvalue weighted by Crippen LogP contribution is 2.41. The zero-order valence-corrected chi connectivity index (χ0v) is 19.6. The maximum absolute atomic E-state index is 13.4. The highest BCUT2D eigenvalue weighted by molar-refractivity contribution is 5.36. The van der Waals surface area contributed by atoms with E-state index in [1.54, 1.807) is 24.3 Å². The van der Waals surface area contributed by atoms with Gasteiger partial charge < -0.3 is 4.48 Å². The van der Waals surface area contributed by atoms with E-state index < -0.39 is 75.7 Å². The van der Waals surface area contributed by atoms with Crippen LogP contribution < -0.4 is 0 Å². The minimum atomic E-state index is -5.13. The van der Waals surface area contributed by atoms with Crippen LogP contribution in [0.3, 0.4) is 0 Å². The Morgan fingerprint density at radius 3 is 1.00 bits per heavy atom. The summed E-state index contributed by atoms with van der Waals surface area (Å²) in [5.41, 5.74) is -5.84. The van der Waals surface area contributed by atoms with Gasteiger partial charge in [0, 0.05) is 22.3 Å². The minimum absolute atomic E-state index is 0.0363. The summed E-state index contributed by atoms with van der Waals surface area (Å²) in [5.74, 6) is 0. The van der Waals surface area contributed by atoms with Gasteiger partial charge in [-0.1, -0.05) is 24.3 Å². The van der Waals surface area contributed by atoms with Crippen LogP contribution in [0.2, 0.25) is 0 Å². The van der Waals surface area contributed by atoms with E-state index >= 15 is 0 Å². The molecular weight excluding hydrogens is 554 g/mol. The summed E-state index contributed by atoms with van der Waals surface area (Å²) < 4.78 is 161. The number of halogens is 12. The van der Waals surface area contributed by atoms with Crippen LogP contribution >= 0.6 is 0 Å². The maximum Gasteiger partial charge on any atom is 0.416 e. The van der Waals surface area contributed by atoms with Gasteiger partial charge in [0.05, 0.1) is 22.3 Å². The van der Waals surface area contributed by atoms with Crippen LogP contribution in [0.15, 0.2) is 60.7 Å². The molecule has 0 bridgehead atoms. The van der Waals surface area contributed by atoms with Crippen LogP contribution in [0, 0.1) is 0 Å². The lowest BCUT2D eigenvalue weighted by Gasteiger charge is -2.35. The fraction of sp³-hybridized carbons (Fsp3) is 0.308. The third kappa shape index (κ3) is 6.51. The molecule has 3 aromatic carbocycles. The summed E-state index contributed by atoms with van der Waals surface area (Å²) in [6, 6.07) is 8.50. The number of hydrogen-bond donors (Lipinski definition) is 0. The second kappa shape index (κ2) is 9.46. The zero-order valence-electron chi connectivity index (χ0n) is 19.6. The van der Waals surface area contributed by atoms with E-state index in [9.17, 15) is 52.7 Å². The van der Waals surface area contributed by atoms with Gasteiger partial charge in [-0.05, 0) is 36.4 Å². The molecule has 1 heterocycles. The molecule has 0 amide bonds. The second-order valence-corrected chi connectivity index (χ2v) is 9.57. The number of alkyl halides is 12. The molecule has 0 fully saturated rings. The lowest BCUT2D eigenvalue weighted by Crippen LogP contribution is -2.41. The van der Waals surface area contributed by atoms with Gasteiger partial charge in [-0.2, -0.15) is 52.7 Å². The molecule has 210 valence electrons. The minimum Gasteiger partial charge on any atom is -0.309 e. The van der Waals surface area contributed by atoms with E-state index in [0.717, 1.165) is 0 Å². The summed E-state index contributed by atoms with van der Waals surface area (Å²) in [6.45, 7) is -1.10. The van der Waals surface area contributed by atoms with Crippen molar-refractivity contribution in [1.29, 1.82) is 0 Å². The Labute approximate surface area is 213 Å². The molecule has 0 unspecified atom stereocenters. The van der Waals surface area contributed by atoms with E-state index in [2.05, 4.69) is 0 Å². The third-order valence-electron chi connectivity index (χ3n) is 6.46. The van der Waals surface area contributed by atoms with Crippen molar-refractivity contribution in [3.8, 4) is 0 Å². The fourth-order valence-electron chi connectivity index (χ4n) is 4.92. The van der Waals surface area contributed by atoms with E-state index in [1.807, 2.05) is 0 Å². The normalized spacial score (nSPS) is 15.9. The largest absolute Gasteiger partial charge is 0.416 e. The number of quaternary nitrogens is 1. The molecule has 3 aromatic rings. The Morgan fingerprint density at radius 1 is 0.462 bits per heavy atom. The molecule has 0 saturated carbocycles. The van der Waals surface area contributed by atoms with Crippen molar-refractivity contribution in [2.75, 3.05) is 0 Å². The van der Waals surface area contributed by atoms with Gasteiger partial charge in [-0.15, -0.1) is 0 Å². The van der Waals surface area contributed by atoms with Crippen molar-refractivity contribution in [3.05, 3.63) is 105 Å². The monoisotopic (exact) mass is 572 g/mol.